The molecule has 0 amide bonds. The van der Waals surface area contributed by atoms with Crippen LogP contribution in [0.25, 0.3) is 0 Å². The molecule has 1 aliphatic heterocycles. The van der Waals surface area contributed by atoms with Crippen molar-refractivity contribution < 1.29 is 9.47 Å². The van der Waals surface area contributed by atoms with E-state index >= 15 is 0 Å². The van der Waals surface area contributed by atoms with Gasteiger partial charge in [-0.15, -0.1) is 0 Å². The van der Waals surface area contributed by atoms with E-state index in [2.05, 4.69) is 20.8 Å². The maximum Gasteiger partial charge on any atom is 0.0835 e. The van der Waals surface area contributed by atoms with Gasteiger partial charge in [0.25, 0.3) is 0 Å². The normalized spacial score (nSPS) is 26.3. The first kappa shape index (κ1) is 11.0. The van der Waals surface area contributed by atoms with Crippen molar-refractivity contribution in [2.75, 3.05) is 19.8 Å². The van der Waals surface area contributed by atoms with Crippen LogP contribution < -0.4 is 5.73 Å². The van der Waals surface area contributed by atoms with Crippen molar-refractivity contribution in [3.05, 3.63) is 0 Å². The Balaban J connectivity index is 2.39. The van der Waals surface area contributed by atoms with E-state index in [0.717, 1.165) is 19.6 Å². The summed E-state index contributed by atoms with van der Waals surface area (Å²) in [6.07, 6.45) is 1.40. The van der Waals surface area contributed by atoms with Gasteiger partial charge in [0.05, 0.1) is 18.8 Å². The van der Waals surface area contributed by atoms with Gasteiger partial charge in [-0.3, -0.25) is 0 Å². The zero-order valence-corrected chi connectivity index (χ0v) is 8.88. The van der Waals surface area contributed by atoms with Gasteiger partial charge >= 0.3 is 0 Å². The van der Waals surface area contributed by atoms with Crippen molar-refractivity contribution in [1.82, 2.24) is 0 Å². The van der Waals surface area contributed by atoms with E-state index in [0.29, 0.717) is 6.54 Å². The molecular formula is C10H21NO2. The summed E-state index contributed by atoms with van der Waals surface area (Å²) in [5, 5.41) is 0. The minimum atomic E-state index is 0.122. The second-order valence-corrected chi connectivity index (χ2v) is 4.71. The number of hydrogen-bond acceptors (Lipinski definition) is 3. The van der Waals surface area contributed by atoms with Gasteiger partial charge < -0.3 is 15.2 Å². The van der Waals surface area contributed by atoms with E-state index in [9.17, 15) is 0 Å². The average molecular weight is 187 g/mol. The highest BCUT2D eigenvalue weighted by Gasteiger charge is 2.28. The van der Waals surface area contributed by atoms with Crippen LogP contribution in [0, 0.1) is 5.41 Å². The number of rotatable bonds is 3. The van der Waals surface area contributed by atoms with E-state index < -0.39 is 0 Å². The Labute approximate surface area is 80.6 Å². The van der Waals surface area contributed by atoms with Crippen molar-refractivity contribution in [3.8, 4) is 0 Å². The summed E-state index contributed by atoms with van der Waals surface area (Å²) < 4.78 is 11.1. The molecule has 0 aromatic carbocycles. The van der Waals surface area contributed by atoms with Gasteiger partial charge in [0.15, 0.2) is 0 Å². The molecule has 2 N–H and O–H groups in total. The van der Waals surface area contributed by atoms with Crippen LogP contribution in [0.1, 0.15) is 27.2 Å². The van der Waals surface area contributed by atoms with Crippen molar-refractivity contribution >= 4 is 0 Å². The van der Waals surface area contributed by atoms with Crippen LogP contribution in [0.15, 0.2) is 0 Å². The third-order valence-electron chi connectivity index (χ3n) is 2.42. The summed E-state index contributed by atoms with van der Waals surface area (Å²) in [6, 6.07) is 0. The molecule has 0 aromatic rings. The van der Waals surface area contributed by atoms with Gasteiger partial charge in [0.1, 0.15) is 0 Å². The van der Waals surface area contributed by atoms with Crippen molar-refractivity contribution in [3.63, 3.8) is 0 Å². The Kier molecular flexibility index (Phi) is 3.71. The van der Waals surface area contributed by atoms with Crippen LogP contribution in [0.5, 0.6) is 0 Å². The van der Waals surface area contributed by atoms with Crippen LogP contribution in [-0.4, -0.2) is 32.0 Å². The molecule has 1 saturated heterocycles. The minimum absolute atomic E-state index is 0.122. The molecule has 0 bridgehead atoms. The Morgan fingerprint density at radius 2 is 2.23 bits per heavy atom. The number of nitrogens with two attached hydrogens (primary N) is 1. The molecule has 3 nitrogen and oxygen atoms in total. The highest BCUT2D eigenvalue weighted by molar-refractivity contribution is 4.78. The molecule has 2 atom stereocenters. The minimum Gasteiger partial charge on any atom is -0.379 e. The first-order valence-electron chi connectivity index (χ1n) is 4.97. The second-order valence-electron chi connectivity index (χ2n) is 4.71. The van der Waals surface area contributed by atoms with Crippen molar-refractivity contribution in [2.24, 2.45) is 11.1 Å². The number of hydrogen-bond donors (Lipinski definition) is 1. The molecule has 78 valence electrons. The fourth-order valence-corrected chi connectivity index (χ4v) is 1.47. The molecule has 1 fully saturated rings. The standard InChI is InChI=1S/C10H21NO2/c1-10(2,3)9(6-11)13-8-4-5-12-7-8/h8-9H,4-7,11H2,1-3H3. The van der Waals surface area contributed by atoms with Crippen LogP contribution in [-0.2, 0) is 9.47 Å². The van der Waals surface area contributed by atoms with Crippen LogP contribution in [0.3, 0.4) is 0 Å². The molecule has 0 spiro atoms. The molecule has 0 aliphatic carbocycles. The molecule has 3 heteroatoms. The smallest absolute Gasteiger partial charge is 0.0835 e. The number of ether oxygens (including phenoxy) is 2. The van der Waals surface area contributed by atoms with Crippen LogP contribution in [0.4, 0.5) is 0 Å². The van der Waals surface area contributed by atoms with E-state index in [4.69, 9.17) is 15.2 Å². The highest BCUT2D eigenvalue weighted by Crippen LogP contribution is 2.24. The van der Waals surface area contributed by atoms with E-state index in [1.807, 2.05) is 0 Å². The predicted molar refractivity (Wildman–Crippen MR) is 52.6 cm³/mol. The van der Waals surface area contributed by atoms with Crippen LogP contribution >= 0.6 is 0 Å². The second kappa shape index (κ2) is 4.40. The SMILES string of the molecule is CC(C)(C)C(CN)OC1CCOC1. The summed E-state index contributed by atoms with van der Waals surface area (Å²) in [4.78, 5) is 0. The summed E-state index contributed by atoms with van der Waals surface area (Å²) in [5.41, 5.74) is 5.79. The van der Waals surface area contributed by atoms with Gasteiger partial charge in [-0.05, 0) is 11.8 Å². The molecule has 0 saturated carbocycles. The molecular weight excluding hydrogens is 166 g/mol. The maximum absolute atomic E-state index is 5.88. The maximum atomic E-state index is 5.88. The summed E-state index contributed by atoms with van der Waals surface area (Å²) in [6.45, 7) is 8.60. The zero-order chi connectivity index (χ0) is 9.90. The monoisotopic (exact) mass is 187 g/mol. The molecule has 1 aliphatic rings. The highest BCUT2D eigenvalue weighted by atomic mass is 16.6. The van der Waals surface area contributed by atoms with E-state index in [1.165, 1.54) is 0 Å². The van der Waals surface area contributed by atoms with Crippen LogP contribution in [0.2, 0.25) is 0 Å². The first-order chi connectivity index (χ1) is 6.04. The summed E-state index contributed by atoms with van der Waals surface area (Å²) >= 11 is 0. The van der Waals surface area contributed by atoms with Crippen molar-refractivity contribution in [1.29, 1.82) is 0 Å². The van der Waals surface area contributed by atoms with Gasteiger partial charge in [-0.1, -0.05) is 20.8 Å². The van der Waals surface area contributed by atoms with Gasteiger partial charge in [-0.25, -0.2) is 0 Å². The fourth-order valence-electron chi connectivity index (χ4n) is 1.47. The van der Waals surface area contributed by atoms with E-state index in [-0.39, 0.29) is 17.6 Å². The molecule has 1 rings (SSSR count). The van der Waals surface area contributed by atoms with Gasteiger partial charge in [0.2, 0.25) is 0 Å². The van der Waals surface area contributed by atoms with Gasteiger partial charge in [0, 0.05) is 13.2 Å². The summed E-state index contributed by atoms with van der Waals surface area (Å²) in [5.74, 6) is 0. The lowest BCUT2D eigenvalue weighted by Crippen LogP contribution is -2.39. The lowest BCUT2D eigenvalue weighted by atomic mass is 9.89. The molecule has 0 aromatic heterocycles. The lowest BCUT2D eigenvalue weighted by Gasteiger charge is -2.31. The third kappa shape index (κ3) is 3.25. The third-order valence-corrected chi connectivity index (χ3v) is 2.42. The largest absolute Gasteiger partial charge is 0.379 e. The average Bonchev–Trinajstić information content (AvgIpc) is 2.49. The molecule has 0 radical (unpaired) electrons. The predicted octanol–water partition coefficient (Wildman–Crippen LogP) is 1.17. The fraction of sp³-hybridized carbons (Fsp3) is 1.00. The Hall–Kier alpha value is -0.120. The Morgan fingerprint density at radius 3 is 2.62 bits per heavy atom. The summed E-state index contributed by atoms with van der Waals surface area (Å²) in [7, 11) is 0. The zero-order valence-electron chi connectivity index (χ0n) is 8.88. The van der Waals surface area contributed by atoms with E-state index in [1.54, 1.807) is 0 Å². The molecule has 2 unspecified atom stereocenters. The quantitative estimate of drug-likeness (QED) is 0.721. The molecule has 13 heavy (non-hydrogen) atoms. The first-order valence-corrected chi connectivity index (χ1v) is 4.97. The topological polar surface area (TPSA) is 44.5 Å². The Bertz CT molecular complexity index is 147. The van der Waals surface area contributed by atoms with Crippen molar-refractivity contribution in [2.45, 2.75) is 39.4 Å². The molecule has 1 heterocycles. The lowest BCUT2D eigenvalue weighted by molar-refractivity contribution is -0.0614. The Morgan fingerprint density at radius 1 is 1.54 bits per heavy atom. The van der Waals surface area contributed by atoms with Gasteiger partial charge in [-0.2, -0.15) is 0 Å².